The third-order valence-electron chi connectivity index (χ3n) is 3.24. The number of aliphatic hydroxyl groups excluding tert-OH is 1. The van der Waals surface area contributed by atoms with Gasteiger partial charge in [-0.05, 0) is 23.8 Å². The number of hydrogen-bond acceptors (Lipinski definition) is 4. The predicted octanol–water partition coefficient (Wildman–Crippen LogP) is 2.58. The van der Waals surface area contributed by atoms with Gasteiger partial charge in [0.1, 0.15) is 17.9 Å². The van der Waals surface area contributed by atoms with Crippen LogP contribution in [0.15, 0.2) is 55.1 Å². The van der Waals surface area contributed by atoms with Gasteiger partial charge < -0.3 is 9.67 Å². The number of benzene rings is 1. The van der Waals surface area contributed by atoms with Crippen LogP contribution in [-0.2, 0) is 6.54 Å². The summed E-state index contributed by atoms with van der Waals surface area (Å²) in [5.41, 5.74) is 1.43. The minimum Gasteiger partial charge on any atom is -0.507 e. The summed E-state index contributed by atoms with van der Waals surface area (Å²) < 4.78 is 14.7. The molecule has 0 aliphatic carbocycles. The van der Waals surface area contributed by atoms with Crippen LogP contribution in [0.1, 0.15) is 21.7 Å². The van der Waals surface area contributed by atoms with Crippen LogP contribution in [0.5, 0.6) is 0 Å². The van der Waals surface area contributed by atoms with Crippen LogP contribution >= 0.6 is 0 Å². The second kappa shape index (κ2) is 6.27. The third-order valence-corrected chi connectivity index (χ3v) is 3.24. The molecule has 0 aliphatic rings. The van der Waals surface area contributed by atoms with E-state index in [1.165, 1.54) is 18.5 Å². The van der Waals surface area contributed by atoms with Crippen molar-refractivity contribution in [2.75, 3.05) is 0 Å². The van der Waals surface area contributed by atoms with Crippen LogP contribution in [0.25, 0.3) is 5.76 Å². The number of aliphatic hydroxyl groups is 1. The van der Waals surface area contributed by atoms with E-state index in [1.807, 2.05) is 4.57 Å². The van der Waals surface area contributed by atoms with Crippen molar-refractivity contribution in [1.82, 2.24) is 19.7 Å². The minimum absolute atomic E-state index is 0.0577. The molecule has 2 aromatic heterocycles. The molecule has 116 valence electrons. The molecule has 0 atom stereocenters. The lowest BCUT2D eigenvalue weighted by molar-refractivity contribution is 0.103. The van der Waals surface area contributed by atoms with Crippen LogP contribution in [0.2, 0.25) is 0 Å². The summed E-state index contributed by atoms with van der Waals surface area (Å²) in [6, 6.07) is 7.86. The van der Waals surface area contributed by atoms with Gasteiger partial charge in [0.15, 0.2) is 5.82 Å². The molecule has 1 aromatic carbocycles. The number of nitrogens with one attached hydrogen (secondary N) is 1. The molecule has 3 rings (SSSR count). The summed E-state index contributed by atoms with van der Waals surface area (Å²) >= 11 is 0. The molecule has 0 spiro atoms. The average Bonchev–Trinajstić information content (AvgIpc) is 3.21. The molecule has 3 aromatic rings. The van der Waals surface area contributed by atoms with Crippen molar-refractivity contribution in [3.05, 3.63) is 77.9 Å². The summed E-state index contributed by atoms with van der Waals surface area (Å²) in [5.74, 6) is -0.855. The minimum atomic E-state index is -0.466. The number of nitrogens with zero attached hydrogens (tertiary/aromatic N) is 3. The molecular formula is C16H13FN4O2. The maximum Gasteiger partial charge on any atom is 0.226 e. The maximum atomic E-state index is 12.9. The fourth-order valence-corrected chi connectivity index (χ4v) is 2.09. The van der Waals surface area contributed by atoms with Gasteiger partial charge in [0.2, 0.25) is 5.78 Å². The monoisotopic (exact) mass is 312 g/mol. The highest BCUT2D eigenvalue weighted by Gasteiger charge is 2.09. The highest BCUT2D eigenvalue weighted by molar-refractivity contribution is 6.05. The second-order valence-electron chi connectivity index (χ2n) is 4.93. The predicted molar refractivity (Wildman–Crippen MR) is 81.3 cm³/mol. The number of carbonyl (C=O) groups excluding carboxylic acids is 1. The summed E-state index contributed by atoms with van der Waals surface area (Å²) in [6.45, 7) is 0.531. The lowest BCUT2D eigenvalue weighted by atomic mass is 10.2. The highest BCUT2D eigenvalue weighted by atomic mass is 19.1. The quantitative estimate of drug-likeness (QED) is 0.431. The number of H-pyrrole nitrogens is 1. The largest absolute Gasteiger partial charge is 0.507 e. The zero-order valence-corrected chi connectivity index (χ0v) is 12.0. The first kappa shape index (κ1) is 14.7. The molecule has 0 radical (unpaired) electrons. The standard InChI is InChI=1S/C16H13FN4O2/c17-13-3-1-11(2-4-13)8-21-6-5-12(9-21)14(22)7-15(23)16-18-10-19-20-16/h1-7,9-10,22H,8H2,(H,18,19,20). The van der Waals surface area contributed by atoms with E-state index in [4.69, 9.17) is 0 Å². The van der Waals surface area contributed by atoms with Crippen molar-refractivity contribution in [3.8, 4) is 0 Å². The normalized spacial score (nSPS) is 11.6. The Morgan fingerprint density at radius 2 is 2.09 bits per heavy atom. The molecule has 0 aliphatic heterocycles. The molecule has 0 unspecified atom stereocenters. The highest BCUT2D eigenvalue weighted by Crippen LogP contribution is 2.14. The number of aromatic nitrogens is 4. The van der Waals surface area contributed by atoms with Gasteiger partial charge in [-0.1, -0.05) is 12.1 Å². The first-order valence-electron chi connectivity index (χ1n) is 6.83. The Labute approximate surface area is 130 Å². The van der Waals surface area contributed by atoms with E-state index in [0.717, 1.165) is 11.6 Å². The van der Waals surface area contributed by atoms with Gasteiger partial charge >= 0.3 is 0 Å². The lowest BCUT2D eigenvalue weighted by Gasteiger charge is -2.03. The lowest BCUT2D eigenvalue weighted by Crippen LogP contribution is -1.99. The number of rotatable bonds is 5. The molecule has 6 nitrogen and oxygen atoms in total. The van der Waals surface area contributed by atoms with Gasteiger partial charge in [-0.15, -0.1) is 0 Å². The van der Waals surface area contributed by atoms with E-state index >= 15 is 0 Å². The summed E-state index contributed by atoms with van der Waals surface area (Å²) in [7, 11) is 0. The molecule has 0 amide bonds. The first-order valence-corrected chi connectivity index (χ1v) is 6.83. The van der Waals surface area contributed by atoms with E-state index in [2.05, 4.69) is 15.2 Å². The van der Waals surface area contributed by atoms with Crippen molar-refractivity contribution in [2.45, 2.75) is 6.54 Å². The maximum absolute atomic E-state index is 12.9. The fourth-order valence-electron chi connectivity index (χ4n) is 2.09. The third kappa shape index (κ3) is 3.52. The molecular weight excluding hydrogens is 299 g/mol. The van der Waals surface area contributed by atoms with Gasteiger partial charge in [-0.25, -0.2) is 9.37 Å². The molecule has 2 N–H and O–H groups in total. The van der Waals surface area contributed by atoms with E-state index in [-0.39, 0.29) is 17.4 Å². The van der Waals surface area contributed by atoms with Crippen LogP contribution in [0, 0.1) is 5.82 Å². The van der Waals surface area contributed by atoms with Gasteiger partial charge in [0.25, 0.3) is 0 Å². The molecule has 0 saturated carbocycles. The van der Waals surface area contributed by atoms with Crippen molar-refractivity contribution in [2.24, 2.45) is 0 Å². The van der Waals surface area contributed by atoms with Gasteiger partial charge in [-0.2, -0.15) is 5.10 Å². The Morgan fingerprint density at radius 3 is 2.78 bits per heavy atom. The number of hydrogen-bond donors (Lipinski definition) is 2. The smallest absolute Gasteiger partial charge is 0.226 e. The number of aromatic amines is 1. The Kier molecular flexibility index (Phi) is 4.01. The number of carbonyl (C=O) groups is 1. The Morgan fingerprint density at radius 1 is 1.30 bits per heavy atom. The zero-order valence-electron chi connectivity index (χ0n) is 12.0. The van der Waals surface area contributed by atoms with E-state index in [9.17, 15) is 14.3 Å². The fraction of sp³-hybridized carbons (Fsp3) is 0.0625. The molecule has 2 heterocycles. The molecule has 7 heteroatoms. The van der Waals surface area contributed by atoms with Crippen LogP contribution in [0.4, 0.5) is 4.39 Å². The Bertz CT molecular complexity index is 835. The molecule has 0 bridgehead atoms. The van der Waals surface area contributed by atoms with E-state index < -0.39 is 5.78 Å². The van der Waals surface area contributed by atoms with Crippen molar-refractivity contribution >= 4 is 11.5 Å². The van der Waals surface area contributed by atoms with Crippen LogP contribution in [-0.4, -0.2) is 30.6 Å². The van der Waals surface area contributed by atoms with Gasteiger partial charge in [0, 0.05) is 30.6 Å². The Hall–Kier alpha value is -3.22. The topological polar surface area (TPSA) is 83.8 Å². The van der Waals surface area contributed by atoms with Gasteiger partial charge in [0.05, 0.1) is 0 Å². The number of halogens is 1. The van der Waals surface area contributed by atoms with Crippen molar-refractivity contribution in [3.63, 3.8) is 0 Å². The summed E-state index contributed by atoms with van der Waals surface area (Å²) in [4.78, 5) is 15.5. The van der Waals surface area contributed by atoms with Crippen molar-refractivity contribution in [1.29, 1.82) is 0 Å². The zero-order chi connectivity index (χ0) is 16.2. The summed E-state index contributed by atoms with van der Waals surface area (Å²) in [6.07, 6.45) is 5.76. The first-order chi connectivity index (χ1) is 11.1. The number of ketones is 1. The van der Waals surface area contributed by atoms with Gasteiger partial charge in [-0.3, -0.25) is 9.89 Å². The SMILES string of the molecule is O=C(C=C(O)c1ccn(Cc2ccc(F)cc2)c1)c1ncn[nH]1. The second-order valence-corrected chi connectivity index (χ2v) is 4.93. The Balaban J connectivity index is 1.73. The van der Waals surface area contributed by atoms with E-state index in [1.54, 1.807) is 30.6 Å². The van der Waals surface area contributed by atoms with E-state index in [0.29, 0.717) is 12.1 Å². The average molecular weight is 312 g/mol. The van der Waals surface area contributed by atoms with Crippen molar-refractivity contribution < 1.29 is 14.3 Å². The summed E-state index contributed by atoms with van der Waals surface area (Å²) in [5, 5.41) is 16.0. The molecule has 0 saturated heterocycles. The van der Waals surface area contributed by atoms with Crippen LogP contribution < -0.4 is 0 Å². The number of allylic oxidation sites excluding steroid dienone is 1. The molecule has 23 heavy (non-hydrogen) atoms. The van der Waals surface area contributed by atoms with Crippen LogP contribution in [0.3, 0.4) is 0 Å². The molecule has 0 fully saturated rings.